The van der Waals surface area contributed by atoms with Crippen LogP contribution >= 0.6 is 11.8 Å². The molecule has 0 fully saturated rings. The number of nitrogens with two attached hydrogens (primary N) is 1. The Balaban J connectivity index is 1.81. The van der Waals surface area contributed by atoms with Crippen LogP contribution in [0.3, 0.4) is 0 Å². The lowest BCUT2D eigenvalue weighted by Gasteiger charge is -1.90. The number of hydrogen-bond donors (Lipinski definition) is 1. The van der Waals surface area contributed by atoms with E-state index in [0.29, 0.717) is 22.6 Å². The van der Waals surface area contributed by atoms with Gasteiger partial charge in [-0.05, 0) is 18.2 Å². The second-order valence-corrected chi connectivity index (χ2v) is 4.35. The SMILES string of the molecule is Nc1ccc2oc(CSc3ncco3)nc2c1. The summed E-state index contributed by atoms with van der Waals surface area (Å²) in [6.45, 7) is 0. The van der Waals surface area contributed by atoms with Crippen LogP contribution in [0.25, 0.3) is 11.1 Å². The molecule has 17 heavy (non-hydrogen) atoms. The van der Waals surface area contributed by atoms with Crippen LogP contribution in [0.15, 0.2) is 44.7 Å². The zero-order chi connectivity index (χ0) is 11.7. The van der Waals surface area contributed by atoms with Crippen LogP contribution in [0.2, 0.25) is 0 Å². The van der Waals surface area contributed by atoms with Crippen molar-refractivity contribution >= 4 is 28.5 Å². The minimum absolute atomic E-state index is 0.578. The molecule has 0 spiro atoms. The molecule has 2 N–H and O–H groups in total. The van der Waals surface area contributed by atoms with E-state index in [1.807, 2.05) is 6.07 Å². The van der Waals surface area contributed by atoms with Gasteiger partial charge in [0.2, 0.25) is 5.89 Å². The highest BCUT2D eigenvalue weighted by Crippen LogP contribution is 2.24. The molecule has 0 radical (unpaired) electrons. The lowest BCUT2D eigenvalue weighted by Crippen LogP contribution is -1.82. The minimum Gasteiger partial charge on any atom is -0.440 e. The number of rotatable bonds is 3. The van der Waals surface area contributed by atoms with Gasteiger partial charge in [0.15, 0.2) is 5.58 Å². The van der Waals surface area contributed by atoms with Gasteiger partial charge in [-0.25, -0.2) is 9.97 Å². The first-order valence-corrected chi connectivity index (χ1v) is 5.97. The quantitative estimate of drug-likeness (QED) is 0.566. The number of nitrogens with zero attached hydrogens (tertiary/aromatic N) is 2. The number of hydrogen-bond acceptors (Lipinski definition) is 6. The molecule has 6 heteroatoms. The van der Waals surface area contributed by atoms with Gasteiger partial charge in [-0.3, -0.25) is 0 Å². The van der Waals surface area contributed by atoms with Gasteiger partial charge >= 0.3 is 0 Å². The molecule has 0 bridgehead atoms. The Hall–Kier alpha value is -1.95. The number of aromatic nitrogens is 2. The predicted octanol–water partition coefficient (Wildman–Crippen LogP) is 2.69. The molecule has 0 saturated heterocycles. The lowest BCUT2D eigenvalue weighted by atomic mass is 10.3. The van der Waals surface area contributed by atoms with E-state index in [0.717, 1.165) is 11.1 Å². The van der Waals surface area contributed by atoms with E-state index < -0.39 is 0 Å². The minimum atomic E-state index is 0.578. The van der Waals surface area contributed by atoms with E-state index in [4.69, 9.17) is 14.6 Å². The highest BCUT2D eigenvalue weighted by atomic mass is 32.2. The molecular formula is C11H9N3O2S. The first-order valence-electron chi connectivity index (χ1n) is 4.98. The van der Waals surface area contributed by atoms with Gasteiger partial charge in [0.1, 0.15) is 11.8 Å². The molecular weight excluding hydrogens is 238 g/mol. The smallest absolute Gasteiger partial charge is 0.255 e. The van der Waals surface area contributed by atoms with E-state index in [9.17, 15) is 0 Å². The standard InChI is InChI=1S/C11H9N3O2S/c12-7-1-2-9-8(5-7)14-10(16-9)6-17-11-13-3-4-15-11/h1-5H,6,12H2. The van der Waals surface area contributed by atoms with E-state index in [2.05, 4.69) is 9.97 Å². The molecule has 0 atom stereocenters. The topological polar surface area (TPSA) is 78.1 Å². The maximum atomic E-state index is 5.67. The van der Waals surface area contributed by atoms with Crippen molar-refractivity contribution in [1.82, 2.24) is 9.97 Å². The number of benzene rings is 1. The summed E-state index contributed by atoms with van der Waals surface area (Å²) in [7, 11) is 0. The molecule has 3 rings (SSSR count). The Kier molecular flexibility index (Phi) is 2.49. The molecule has 1 aromatic carbocycles. The van der Waals surface area contributed by atoms with E-state index >= 15 is 0 Å². The van der Waals surface area contributed by atoms with Crippen molar-refractivity contribution in [3.05, 3.63) is 36.5 Å². The van der Waals surface area contributed by atoms with Crippen LogP contribution in [-0.4, -0.2) is 9.97 Å². The van der Waals surface area contributed by atoms with Crippen molar-refractivity contribution in [2.45, 2.75) is 11.0 Å². The van der Waals surface area contributed by atoms with Crippen molar-refractivity contribution < 1.29 is 8.83 Å². The van der Waals surface area contributed by atoms with Gasteiger partial charge in [0.25, 0.3) is 5.22 Å². The molecule has 5 nitrogen and oxygen atoms in total. The molecule has 0 amide bonds. The average molecular weight is 247 g/mol. The summed E-state index contributed by atoms with van der Waals surface area (Å²) in [5.74, 6) is 1.21. The fraction of sp³-hybridized carbons (Fsp3) is 0.0909. The molecule has 3 aromatic rings. The summed E-state index contributed by atoms with van der Waals surface area (Å²) in [6, 6.07) is 5.40. The highest BCUT2D eigenvalue weighted by molar-refractivity contribution is 7.98. The number of nitrogen functional groups attached to an aromatic ring is 1. The Labute approximate surface area is 101 Å². The zero-order valence-corrected chi connectivity index (χ0v) is 9.61. The van der Waals surface area contributed by atoms with Crippen LogP contribution < -0.4 is 5.73 Å². The fourth-order valence-corrected chi connectivity index (χ4v) is 2.09. The van der Waals surface area contributed by atoms with Crippen molar-refractivity contribution in [1.29, 1.82) is 0 Å². The molecule has 2 heterocycles. The predicted molar refractivity (Wildman–Crippen MR) is 64.5 cm³/mol. The maximum absolute atomic E-state index is 5.67. The average Bonchev–Trinajstić information content (AvgIpc) is 2.94. The molecule has 2 aromatic heterocycles. The Bertz CT molecular complexity index is 633. The monoisotopic (exact) mass is 247 g/mol. The first-order chi connectivity index (χ1) is 8.31. The molecule has 0 aliphatic heterocycles. The van der Waals surface area contributed by atoms with Gasteiger partial charge in [0, 0.05) is 5.69 Å². The van der Waals surface area contributed by atoms with Gasteiger partial charge in [0.05, 0.1) is 11.9 Å². The molecule has 0 aliphatic carbocycles. The van der Waals surface area contributed by atoms with Crippen molar-refractivity contribution in [3.8, 4) is 0 Å². The third kappa shape index (κ3) is 2.12. The van der Waals surface area contributed by atoms with E-state index in [1.165, 1.54) is 18.0 Å². The van der Waals surface area contributed by atoms with Crippen molar-refractivity contribution in [2.24, 2.45) is 0 Å². The highest BCUT2D eigenvalue weighted by Gasteiger charge is 2.08. The number of fused-ring (bicyclic) bond motifs is 1. The maximum Gasteiger partial charge on any atom is 0.255 e. The van der Waals surface area contributed by atoms with Gasteiger partial charge < -0.3 is 14.6 Å². The molecule has 0 aliphatic rings. The van der Waals surface area contributed by atoms with Crippen molar-refractivity contribution in [3.63, 3.8) is 0 Å². The normalized spacial score (nSPS) is 11.1. The number of thioether (sulfide) groups is 1. The Morgan fingerprint density at radius 1 is 1.35 bits per heavy atom. The second-order valence-electron chi connectivity index (χ2n) is 3.42. The summed E-state index contributed by atoms with van der Waals surface area (Å²) in [4.78, 5) is 8.34. The van der Waals surface area contributed by atoms with E-state index in [1.54, 1.807) is 18.3 Å². The number of oxazole rings is 2. The second kappa shape index (κ2) is 4.14. The van der Waals surface area contributed by atoms with Crippen LogP contribution in [0, 0.1) is 0 Å². The zero-order valence-electron chi connectivity index (χ0n) is 8.79. The van der Waals surface area contributed by atoms with E-state index in [-0.39, 0.29) is 0 Å². The van der Waals surface area contributed by atoms with Crippen LogP contribution in [0.5, 0.6) is 0 Å². The Morgan fingerprint density at radius 3 is 3.12 bits per heavy atom. The summed E-state index contributed by atoms with van der Waals surface area (Å²) >= 11 is 1.43. The van der Waals surface area contributed by atoms with Gasteiger partial charge in [-0.1, -0.05) is 11.8 Å². The summed E-state index contributed by atoms with van der Waals surface area (Å²) in [6.07, 6.45) is 3.14. The lowest BCUT2D eigenvalue weighted by molar-refractivity contribution is 0.453. The first kappa shape index (κ1) is 10.2. The summed E-state index contributed by atoms with van der Waals surface area (Å²) in [5.41, 5.74) is 7.86. The third-order valence-electron chi connectivity index (χ3n) is 2.18. The summed E-state index contributed by atoms with van der Waals surface area (Å²) in [5, 5.41) is 0.603. The van der Waals surface area contributed by atoms with Gasteiger partial charge in [-0.15, -0.1) is 0 Å². The van der Waals surface area contributed by atoms with Crippen LogP contribution in [-0.2, 0) is 5.75 Å². The third-order valence-corrected chi connectivity index (χ3v) is 3.02. The molecule has 0 saturated carbocycles. The molecule has 0 unspecified atom stereocenters. The molecule has 86 valence electrons. The number of anilines is 1. The van der Waals surface area contributed by atoms with Crippen molar-refractivity contribution in [2.75, 3.05) is 5.73 Å². The summed E-state index contributed by atoms with van der Waals surface area (Å²) < 4.78 is 10.7. The van der Waals surface area contributed by atoms with Gasteiger partial charge in [-0.2, -0.15) is 0 Å². The van der Waals surface area contributed by atoms with Crippen LogP contribution in [0.4, 0.5) is 5.69 Å². The Morgan fingerprint density at radius 2 is 2.29 bits per heavy atom. The fourth-order valence-electron chi connectivity index (χ4n) is 1.46. The largest absolute Gasteiger partial charge is 0.440 e. The van der Waals surface area contributed by atoms with Crippen LogP contribution in [0.1, 0.15) is 5.89 Å².